The molecule has 0 saturated heterocycles. The van der Waals surface area contributed by atoms with Crippen LogP contribution in [-0.4, -0.2) is 14.3 Å². The number of carbonyl (C=O) groups is 1. The van der Waals surface area contributed by atoms with Gasteiger partial charge in [0.25, 0.3) is 15.9 Å². The lowest BCUT2D eigenvalue weighted by Crippen LogP contribution is -2.17. The van der Waals surface area contributed by atoms with E-state index in [9.17, 15) is 13.2 Å². The van der Waals surface area contributed by atoms with Crippen LogP contribution in [0.3, 0.4) is 0 Å². The first-order valence-corrected chi connectivity index (χ1v) is 10.4. The van der Waals surface area contributed by atoms with Crippen molar-refractivity contribution in [3.63, 3.8) is 0 Å². The highest BCUT2D eigenvalue weighted by Gasteiger charge is 2.21. The fourth-order valence-electron chi connectivity index (χ4n) is 2.76. The van der Waals surface area contributed by atoms with E-state index in [4.69, 9.17) is 11.6 Å². The minimum Gasteiger partial charge on any atom is -0.322 e. The molecule has 0 spiro atoms. The summed E-state index contributed by atoms with van der Waals surface area (Å²) in [5.74, 6) is -0.412. The number of anilines is 2. The van der Waals surface area contributed by atoms with Gasteiger partial charge in [-0.25, -0.2) is 8.42 Å². The van der Waals surface area contributed by atoms with Crippen molar-refractivity contribution < 1.29 is 13.2 Å². The van der Waals surface area contributed by atoms with Gasteiger partial charge in [-0.15, -0.1) is 0 Å². The normalized spacial score (nSPS) is 11.1. The summed E-state index contributed by atoms with van der Waals surface area (Å²) in [5.41, 5.74) is 3.14. The molecule has 7 heteroatoms. The van der Waals surface area contributed by atoms with E-state index in [2.05, 4.69) is 10.0 Å². The van der Waals surface area contributed by atoms with Crippen LogP contribution in [0, 0.1) is 13.8 Å². The van der Waals surface area contributed by atoms with E-state index in [1.165, 1.54) is 18.2 Å². The zero-order valence-corrected chi connectivity index (χ0v) is 16.9. The summed E-state index contributed by atoms with van der Waals surface area (Å²) in [4.78, 5) is 12.5. The molecule has 0 unspecified atom stereocenters. The van der Waals surface area contributed by atoms with Gasteiger partial charge in [0.15, 0.2) is 0 Å². The van der Waals surface area contributed by atoms with Crippen LogP contribution in [0.4, 0.5) is 11.4 Å². The summed E-state index contributed by atoms with van der Waals surface area (Å²) in [6.45, 7) is 3.79. The maximum Gasteiger partial charge on any atom is 0.263 e. The fraction of sp³-hybridized carbons (Fsp3) is 0.0952. The van der Waals surface area contributed by atoms with Crippen LogP contribution < -0.4 is 10.0 Å². The fourth-order valence-corrected chi connectivity index (χ4v) is 4.35. The lowest BCUT2D eigenvalue weighted by Gasteiger charge is -2.13. The summed E-state index contributed by atoms with van der Waals surface area (Å²) >= 11 is 6.11. The molecule has 0 aliphatic heterocycles. The number of sulfonamides is 1. The Morgan fingerprint density at radius 1 is 0.893 bits per heavy atom. The number of para-hydroxylation sites is 2. The molecule has 0 heterocycles. The average molecular weight is 415 g/mol. The van der Waals surface area contributed by atoms with Gasteiger partial charge in [-0.2, -0.15) is 0 Å². The van der Waals surface area contributed by atoms with Gasteiger partial charge in [0, 0.05) is 16.9 Å². The lowest BCUT2D eigenvalue weighted by molar-refractivity contribution is 0.102. The number of benzene rings is 3. The van der Waals surface area contributed by atoms with Crippen molar-refractivity contribution in [2.45, 2.75) is 18.7 Å². The predicted molar refractivity (Wildman–Crippen MR) is 113 cm³/mol. The third-order valence-electron chi connectivity index (χ3n) is 4.23. The standard InChI is InChI=1S/C21H19ClN2O3S/c1-14-7-6-8-15(2)20(14)23-21(25)16-11-12-18(22)19(13-16)28(26,27)24-17-9-4-3-5-10-17/h3-13,24H,1-2H3,(H,23,25). The van der Waals surface area contributed by atoms with Crippen LogP contribution in [0.2, 0.25) is 5.02 Å². The topological polar surface area (TPSA) is 75.3 Å². The number of hydrogen-bond acceptors (Lipinski definition) is 3. The van der Waals surface area contributed by atoms with Gasteiger partial charge in [0.05, 0.1) is 5.02 Å². The SMILES string of the molecule is Cc1cccc(C)c1NC(=O)c1ccc(Cl)c(S(=O)(=O)Nc2ccccc2)c1. The molecule has 5 nitrogen and oxygen atoms in total. The van der Waals surface area contributed by atoms with E-state index < -0.39 is 15.9 Å². The number of aryl methyl sites for hydroxylation is 2. The highest BCUT2D eigenvalue weighted by Crippen LogP contribution is 2.26. The van der Waals surface area contributed by atoms with Crippen molar-refractivity contribution >= 4 is 38.9 Å². The van der Waals surface area contributed by atoms with Gasteiger partial charge >= 0.3 is 0 Å². The highest BCUT2D eigenvalue weighted by atomic mass is 35.5. The van der Waals surface area contributed by atoms with Crippen molar-refractivity contribution in [3.05, 3.63) is 88.4 Å². The van der Waals surface area contributed by atoms with Gasteiger partial charge in [-0.3, -0.25) is 9.52 Å². The van der Waals surface area contributed by atoms with Gasteiger partial charge in [-0.05, 0) is 55.3 Å². The molecule has 144 valence electrons. The summed E-state index contributed by atoms with van der Waals surface area (Å²) in [7, 11) is -3.95. The van der Waals surface area contributed by atoms with Crippen LogP contribution in [0.15, 0.2) is 71.6 Å². The zero-order chi connectivity index (χ0) is 20.3. The molecule has 0 saturated carbocycles. The maximum atomic E-state index is 12.7. The van der Waals surface area contributed by atoms with Crippen molar-refractivity contribution in [3.8, 4) is 0 Å². The third-order valence-corrected chi connectivity index (χ3v) is 6.09. The molecule has 0 aliphatic carbocycles. The van der Waals surface area contributed by atoms with Gasteiger partial charge in [0.1, 0.15) is 4.90 Å². The van der Waals surface area contributed by atoms with E-state index in [0.29, 0.717) is 11.4 Å². The van der Waals surface area contributed by atoms with Crippen molar-refractivity contribution in [1.29, 1.82) is 0 Å². The van der Waals surface area contributed by atoms with E-state index >= 15 is 0 Å². The Kier molecular flexibility index (Phi) is 5.72. The molecule has 28 heavy (non-hydrogen) atoms. The highest BCUT2D eigenvalue weighted by molar-refractivity contribution is 7.92. The molecule has 3 rings (SSSR count). The second-order valence-electron chi connectivity index (χ2n) is 6.34. The first kappa shape index (κ1) is 19.9. The molecular formula is C21H19ClN2O3S. The Hall–Kier alpha value is -2.83. The quantitative estimate of drug-likeness (QED) is 0.616. The minimum absolute atomic E-state index is 0.0343. The van der Waals surface area contributed by atoms with Crippen molar-refractivity contribution in [1.82, 2.24) is 0 Å². The first-order chi connectivity index (χ1) is 13.3. The molecule has 0 bridgehead atoms. The summed E-state index contributed by atoms with van der Waals surface area (Å²) in [5, 5.41) is 2.88. The number of rotatable bonds is 5. The molecule has 3 aromatic carbocycles. The smallest absolute Gasteiger partial charge is 0.263 e. The van der Waals surface area contributed by atoms with E-state index in [1.807, 2.05) is 32.0 Å². The lowest BCUT2D eigenvalue weighted by atomic mass is 10.1. The molecule has 0 aliphatic rings. The Bertz CT molecular complexity index is 1110. The summed E-state index contributed by atoms with van der Waals surface area (Å²) < 4.78 is 27.9. The molecule has 2 N–H and O–H groups in total. The molecule has 1 amide bonds. The Labute approximate surface area is 169 Å². The molecule has 0 aromatic heterocycles. The second kappa shape index (κ2) is 8.04. The average Bonchev–Trinajstić information content (AvgIpc) is 2.65. The Morgan fingerprint density at radius 2 is 1.54 bits per heavy atom. The van der Waals surface area contributed by atoms with Crippen LogP contribution in [0.25, 0.3) is 0 Å². The Morgan fingerprint density at radius 3 is 2.18 bits per heavy atom. The molecule has 0 radical (unpaired) electrons. The summed E-state index contributed by atoms with van der Waals surface area (Å²) in [6.07, 6.45) is 0. The van der Waals surface area contributed by atoms with Gasteiger partial charge < -0.3 is 5.32 Å². The number of carbonyl (C=O) groups excluding carboxylic acids is 1. The van der Waals surface area contributed by atoms with Crippen LogP contribution >= 0.6 is 11.6 Å². The Balaban J connectivity index is 1.92. The predicted octanol–water partition coefficient (Wildman–Crippen LogP) is 5.01. The van der Waals surface area contributed by atoms with E-state index in [1.54, 1.807) is 30.3 Å². The zero-order valence-electron chi connectivity index (χ0n) is 15.4. The van der Waals surface area contributed by atoms with Crippen molar-refractivity contribution in [2.75, 3.05) is 10.0 Å². The molecule has 0 atom stereocenters. The molecule has 0 fully saturated rings. The monoisotopic (exact) mass is 414 g/mol. The maximum absolute atomic E-state index is 12.7. The third kappa shape index (κ3) is 4.35. The first-order valence-electron chi connectivity index (χ1n) is 8.53. The van der Waals surface area contributed by atoms with E-state index in [0.717, 1.165) is 11.1 Å². The number of hydrogen-bond donors (Lipinski definition) is 2. The minimum atomic E-state index is -3.95. The molecular weight excluding hydrogens is 396 g/mol. The van der Waals surface area contributed by atoms with Crippen molar-refractivity contribution in [2.24, 2.45) is 0 Å². The van der Waals surface area contributed by atoms with Crippen LogP contribution in [0.5, 0.6) is 0 Å². The number of amides is 1. The number of halogens is 1. The van der Waals surface area contributed by atoms with Gasteiger partial charge in [-0.1, -0.05) is 48.0 Å². The summed E-state index contributed by atoms with van der Waals surface area (Å²) in [6, 6.07) is 18.3. The van der Waals surface area contributed by atoms with Crippen LogP contribution in [0.1, 0.15) is 21.5 Å². The van der Waals surface area contributed by atoms with E-state index in [-0.39, 0.29) is 15.5 Å². The van der Waals surface area contributed by atoms with Crippen LogP contribution in [-0.2, 0) is 10.0 Å². The molecule has 3 aromatic rings. The second-order valence-corrected chi connectivity index (χ2v) is 8.40. The largest absolute Gasteiger partial charge is 0.322 e. The van der Waals surface area contributed by atoms with Gasteiger partial charge in [0.2, 0.25) is 0 Å². The number of nitrogens with one attached hydrogen (secondary N) is 2.